The van der Waals surface area contributed by atoms with Crippen molar-refractivity contribution in [3.63, 3.8) is 0 Å². The highest BCUT2D eigenvalue weighted by molar-refractivity contribution is 7.92. The molecular weight excluding hydrogens is 438 g/mol. The van der Waals surface area contributed by atoms with Gasteiger partial charge in [-0.3, -0.25) is 14.4 Å². The number of hydrogen-bond acceptors (Lipinski definition) is 5. The lowest BCUT2D eigenvalue weighted by atomic mass is 10.2. The van der Waals surface area contributed by atoms with Crippen LogP contribution in [0.5, 0.6) is 0 Å². The molecule has 0 aliphatic carbocycles. The van der Waals surface area contributed by atoms with E-state index in [1.807, 2.05) is 37.3 Å². The van der Waals surface area contributed by atoms with Gasteiger partial charge >= 0.3 is 0 Å². The van der Waals surface area contributed by atoms with Crippen LogP contribution in [-0.4, -0.2) is 36.1 Å². The quantitative estimate of drug-likeness (QED) is 0.453. The standard InChI is InChI=1S/C24H23N5O3S/c1-18-8-14-22(15-9-18)33(31,32)28(2)21-12-10-20(11-13-21)23(30)26-24-25-17-29(27-24)16-19-6-4-3-5-7-19/h3-15,17H,16H2,1-2H3,(H,26,27,30). The third kappa shape index (κ3) is 5.09. The highest BCUT2D eigenvalue weighted by atomic mass is 32.2. The fourth-order valence-corrected chi connectivity index (χ4v) is 4.40. The average molecular weight is 462 g/mol. The van der Waals surface area contributed by atoms with Gasteiger partial charge in [0, 0.05) is 12.6 Å². The summed E-state index contributed by atoms with van der Waals surface area (Å²) in [5.41, 5.74) is 2.85. The van der Waals surface area contributed by atoms with Crippen molar-refractivity contribution in [3.8, 4) is 0 Å². The fraction of sp³-hybridized carbons (Fsp3) is 0.125. The van der Waals surface area contributed by atoms with Crippen molar-refractivity contribution in [1.29, 1.82) is 0 Å². The molecule has 8 nitrogen and oxygen atoms in total. The number of nitrogens with zero attached hydrogens (tertiary/aromatic N) is 4. The van der Waals surface area contributed by atoms with E-state index in [1.165, 1.54) is 11.4 Å². The van der Waals surface area contributed by atoms with Gasteiger partial charge in [0.2, 0.25) is 5.95 Å². The van der Waals surface area contributed by atoms with Crippen LogP contribution in [0.15, 0.2) is 90.1 Å². The van der Waals surface area contributed by atoms with E-state index >= 15 is 0 Å². The second-order valence-electron chi connectivity index (χ2n) is 7.54. The minimum atomic E-state index is -3.70. The van der Waals surface area contributed by atoms with Crippen LogP contribution in [0.2, 0.25) is 0 Å². The second kappa shape index (κ2) is 9.25. The third-order valence-corrected chi connectivity index (χ3v) is 6.92. The predicted molar refractivity (Wildman–Crippen MR) is 127 cm³/mol. The van der Waals surface area contributed by atoms with Gasteiger partial charge in [-0.1, -0.05) is 48.0 Å². The van der Waals surface area contributed by atoms with Gasteiger partial charge in [0.25, 0.3) is 15.9 Å². The molecule has 33 heavy (non-hydrogen) atoms. The molecule has 0 fully saturated rings. The number of hydrogen-bond donors (Lipinski definition) is 1. The first kappa shape index (κ1) is 22.2. The van der Waals surface area contributed by atoms with Gasteiger partial charge in [0.1, 0.15) is 6.33 Å². The van der Waals surface area contributed by atoms with Gasteiger partial charge in [0.05, 0.1) is 17.1 Å². The Hall–Kier alpha value is -3.98. The van der Waals surface area contributed by atoms with Crippen LogP contribution in [0.25, 0.3) is 0 Å². The van der Waals surface area contributed by atoms with Crippen molar-refractivity contribution >= 4 is 27.6 Å². The van der Waals surface area contributed by atoms with E-state index in [9.17, 15) is 13.2 Å². The van der Waals surface area contributed by atoms with Crippen LogP contribution in [0.4, 0.5) is 11.6 Å². The number of carbonyl (C=O) groups is 1. The van der Waals surface area contributed by atoms with Crippen molar-refractivity contribution in [1.82, 2.24) is 14.8 Å². The Kier molecular flexibility index (Phi) is 6.23. The minimum Gasteiger partial charge on any atom is -0.289 e. The molecule has 0 spiro atoms. The number of sulfonamides is 1. The molecule has 9 heteroatoms. The monoisotopic (exact) mass is 461 g/mol. The summed E-state index contributed by atoms with van der Waals surface area (Å²) >= 11 is 0. The highest BCUT2D eigenvalue weighted by Crippen LogP contribution is 2.23. The molecule has 0 radical (unpaired) electrons. The number of carbonyl (C=O) groups excluding carboxylic acids is 1. The summed E-state index contributed by atoms with van der Waals surface area (Å²) in [4.78, 5) is 16.9. The van der Waals surface area contributed by atoms with Gasteiger partial charge in [0.15, 0.2) is 0 Å². The van der Waals surface area contributed by atoms with E-state index in [2.05, 4.69) is 15.4 Å². The third-order valence-electron chi connectivity index (χ3n) is 5.12. The second-order valence-corrected chi connectivity index (χ2v) is 9.51. The van der Waals surface area contributed by atoms with E-state index in [0.29, 0.717) is 17.8 Å². The van der Waals surface area contributed by atoms with Crippen molar-refractivity contribution in [3.05, 3.63) is 102 Å². The largest absolute Gasteiger partial charge is 0.289 e. The van der Waals surface area contributed by atoms with Gasteiger partial charge in [-0.05, 0) is 48.9 Å². The van der Waals surface area contributed by atoms with Crippen LogP contribution in [0, 0.1) is 6.92 Å². The van der Waals surface area contributed by atoms with Crippen molar-refractivity contribution in [2.24, 2.45) is 0 Å². The molecule has 0 bridgehead atoms. The van der Waals surface area contributed by atoms with Crippen molar-refractivity contribution in [2.45, 2.75) is 18.4 Å². The molecule has 1 N–H and O–H groups in total. The van der Waals surface area contributed by atoms with Crippen LogP contribution in [0.1, 0.15) is 21.5 Å². The molecule has 1 aromatic heterocycles. The first-order valence-electron chi connectivity index (χ1n) is 10.2. The Morgan fingerprint density at radius 3 is 2.30 bits per heavy atom. The Balaban J connectivity index is 1.42. The number of amides is 1. The SMILES string of the molecule is Cc1ccc(S(=O)(=O)N(C)c2ccc(C(=O)Nc3ncn(Cc4ccccc4)n3)cc2)cc1. The van der Waals surface area contributed by atoms with E-state index < -0.39 is 10.0 Å². The molecule has 3 aromatic carbocycles. The van der Waals surface area contributed by atoms with Gasteiger partial charge in [-0.2, -0.15) is 0 Å². The predicted octanol–water partition coefficient (Wildman–Crippen LogP) is 3.71. The smallest absolute Gasteiger partial charge is 0.264 e. The molecule has 0 saturated heterocycles. The Labute approximate surface area is 192 Å². The number of benzene rings is 3. The fourth-order valence-electron chi connectivity index (χ4n) is 3.20. The molecule has 168 valence electrons. The molecule has 0 atom stereocenters. The maximum atomic E-state index is 12.9. The Morgan fingerprint density at radius 1 is 0.970 bits per heavy atom. The first-order chi connectivity index (χ1) is 15.8. The lowest BCUT2D eigenvalue weighted by molar-refractivity contribution is 0.102. The van der Waals surface area contributed by atoms with Crippen LogP contribution in [-0.2, 0) is 16.6 Å². The number of aromatic nitrogens is 3. The Bertz CT molecular complexity index is 1350. The zero-order valence-electron chi connectivity index (χ0n) is 18.2. The van der Waals surface area contributed by atoms with E-state index in [4.69, 9.17) is 0 Å². The molecule has 0 aliphatic heterocycles. The van der Waals surface area contributed by atoms with Gasteiger partial charge < -0.3 is 0 Å². The van der Waals surface area contributed by atoms with Crippen molar-refractivity contribution < 1.29 is 13.2 Å². The molecule has 1 amide bonds. The van der Waals surface area contributed by atoms with Crippen LogP contribution in [0.3, 0.4) is 0 Å². The van der Waals surface area contributed by atoms with Crippen LogP contribution < -0.4 is 9.62 Å². The molecule has 4 aromatic rings. The van der Waals surface area contributed by atoms with E-state index in [0.717, 1.165) is 11.1 Å². The summed E-state index contributed by atoms with van der Waals surface area (Å²) in [7, 11) is -2.22. The number of aryl methyl sites for hydroxylation is 1. The highest BCUT2D eigenvalue weighted by Gasteiger charge is 2.21. The molecular formula is C24H23N5O3S. The number of rotatable bonds is 7. The molecule has 0 aliphatic rings. The zero-order valence-corrected chi connectivity index (χ0v) is 19.0. The summed E-state index contributed by atoms with van der Waals surface area (Å²) in [5, 5.41) is 6.94. The lowest BCUT2D eigenvalue weighted by Crippen LogP contribution is -2.26. The summed E-state index contributed by atoms with van der Waals surface area (Å²) < 4.78 is 28.6. The normalized spacial score (nSPS) is 11.2. The van der Waals surface area contributed by atoms with E-state index in [1.54, 1.807) is 59.5 Å². The summed E-state index contributed by atoms with van der Waals surface area (Å²) in [6.45, 7) is 2.44. The first-order valence-corrected chi connectivity index (χ1v) is 11.7. The molecule has 1 heterocycles. The van der Waals surface area contributed by atoms with Gasteiger partial charge in [-0.25, -0.2) is 18.1 Å². The number of nitrogens with one attached hydrogen (secondary N) is 1. The zero-order chi connectivity index (χ0) is 23.4. The Morgan fingerprint density at radius 2 is 1.64 bits per heavy atom. The molecule has 0 unspecified atom stereocenters. The summed E-state index contributed by atoms with van der Waals surface area (Å²) in [6.07, 6.45) is 1.55. The topological polar surface area (TPSA) is 97.2 Å². The van der Waals surface area contributed by atoms with Crippen molar-refractivity contribution in [2.75, 3.05) is 16.7 Å². The average Bonchev–Trinajstić information content (AvgIpc) is 3.26. The summed E-state index contributed by atoms with van der Waals surface area (Å²) in [5.74, 6) is -0.192. The molecule has 0 saturated carbocycles. The number of anilines is 2. The van der Waals surface area contributed by atoms with Gasteiger partial charge in [-0.15, -0.1) is 5.10 Å². The van der Waals surface area contributed by atoms with Crippen LogP contribution >= 0.6 is 0 Å². The lowest BCUT2D eigenvalue weighted by Gasteiger charge is -2.19. The molecule has 4 rings (SSSR count). The van der Waals surface area contributed by atoms with E-state index in [-0.39, 0.29) is 16.8 Å². The minimum absolute atomic E-state index is 0.194. The maximum absolute atomic E-state index is 12.9. The summed E-state index contributed by atoms with van der Waals surface area (Å²) in [6, 6.07) is 22.8. The maximum Gasteiger partial charge on any atom is 0.264 e.